The molecule has 12 heteroatoms. The summed E-state index contributed by atoms with van der Waals surface area (Å²) in [6.07, 6.45) is 0.308. The summed E-state index contributed by atoms with van der Waals surface area (Å²) in [6.45, 7) is 7.72. The van der Waals surface area contributed by atoms with Crippen LogP contribution in [0.4, 0.5) is 0 Å². The van der Waals surface area contributed by atoms with Gasteiger partial charge in [0.2, 0.25) is 5.75 Å². The van der Waals surface area contributed by atoms with Crippen LogP contribution in [0.25, 0.3) is 0 Å². The average Bonchev–Trinajstić information content (AvgIpc) is 3.49. The molecule has 3 atom stereocenters. The Morgan fingerprint density at radius 1 is 0.884 bits per heavy atom. The first-order valence-corrected chi connectivity index (χ1v) is 16.5. The third-order valence-corrected chi connectivity index (χ3v) is 9.40. The lowest BCUT2D eigenvalue weighted by Gasteiger charge is -2.27. The number of hydrogen-bond acceptors (Lipinski definition) is 11. The number of methoxy groups -OCH3 is 3. The van der Waals surface area contributed by atoms with Crippen LogP contribution in [0.1, 0.15) is 56.4 Å². The van der Waals surface area contributed by atoms with Crippen LogP contribution in [0.2, 0.25) is 0 Å². The Morgan fingerprint density at radius 2 is 1.49 bits per heavy atom. The second-order valence-corrected chi connectivity index (χ2v) is 12.8. The molecule has 2 fully saturated rings. The number of morpholine rings is 1. The zero-order valence-corrected chi connectivity index (χ0v) is 26.6. The van der Waals surface area contributed by atoms with E-state index in [0.717, 1.165) is 18.7 Å². The molecule has 11 nitrogen and oxygen atoms in total. The fourth-order valence-corrected chi connectivity index (χ4v) is 6.97. The Labute approximate surface area is 254 Å². The van der Waals surface area contributed by atoms with E-state index in [9.17, 15) is 13.5 Å². The van der Waals surface area contributed by atoms with Gasteiger partial charge in [0.05, 0.1) is 65.2 Å². The van der Waals surface area contributed by atoms with Gasteiger partial charge in [-0.05, 0) is 61.6 Å². The molecule has 2 saturated heterocycles. The molecule has 3 unspecified atom stereocenters. The lowest BCUT2D eigenvalue weighted by atomic mass is 10.0. The molecule has 0 bridgehead atoms. The number of hydrogen-bond donors (Lipinski definition) is 1. The van der Waals surface area contributed by atoms with Crippen molar-refractivity contribution in [2.45, 2.75) is 56.3 Å². The van der Waals surface area contributed by atoms with E-state index in [1.807, 2.05) is 25.1 Å². The average molecular weight is 624 g/mol. The maximum absolute atomic E-state index is 13.6. The van der Waals surface area contributed by atoms with Crippen molar-refractivity contribution >= 4 is 9.84 Å². The second kappa shape index (κ2) is 15.3. The molecular formula is C31H45NO10S. The molecule has 1 N–H and O–H groups in total. The van der Waals surface area contributed by atoms with E-state index in [1.54, 1.807) is 27.4 Å². The molecule has 2 heterocycles. The van der Waals surface area contributed by atoms with E-state index < -0.39 is 27.8 Å². The Balaban J connectivity index is 1.67. The maximum Gasteiger partial charge on any atom is 0.203 e. The van der Waals surface area contributed by atoms with E-state index in [-0.39, 0.29) is 16.7 Å². The van der Waals surface area contributed by atoms with Crippen molar-refractivity contribution in [1.82, 2.24) is 4.90 Å². The summed E-state index contributed by atoms with van der Waals surface area (Å²) in [7, 11) is 0.772. The molecule has 240 valence electrons. The highest BCUT2D eigenvalue weighted by Crippen LogP contribution is 2.48. The first-order chi connectivity index (χ1) is 20.7. The maximum atomic E-state index is 13.6. The molecule has 0 amide bonds. The molecule has 0 aromatic heterocycles. The quantitative estimate of drug-likeness (QED) is 0.310. The summed E-state index contributed by atoms with van der Waals surface area (Å²) >= 11 is 0. The number of aliphatic hydroxyl groups is 1. The Bertz CT molecular complexity index is 1280. The van der Waals surface area contributed by atoms with Crippen molar-refractivity contribution < 1.29 is 46.7 Å². The molecular weight excluding hydrogens is 578 g/mol. The van der Waals surface area contributed by atoms with Gasteiger partial charge in [0.15, 0.2) is 32.8 Å². The van der Waals surface area contributed by atoms with Gasteiger partial charge in [0, 0.05) is 19.6 Å². The molecule has 0 saturated carbocycles. The smallest absolute Gasteiger partial charge is 0.203 e. The van der Waals surface area contributed by atoms with Gasteiger partial charge in [-0.15, -0.1) is 0 Å². The Hall–Kier alpha value is -2.77. The fraction of sp³-hybridized carbons (Fsp3) is 0.613. The predicted molar refractivity (Wildman–Crippen MR) is 161 cm³/mol. The van der Waals surface area contributed by atoms with Crippen molar-refractivity contribution in [3.8, 4) is 28.7 Å². The summed E-state index contributed by atoms with van der Waals surface area (Å²) in [5.74, 6) is 1.65. The number of ether oxygens (including phenoxy) is 7. The highest BCUT2D eigenvalue weighted by molar-refractivity contribution is 7.91. The molecule has 2 aliphatic heterocycles. The number of nitrogens with zero attached hydrogens (tertiary/aromatic N) is 1. The molecule has 2 aliphatic rings. The monoisotopic (exact) mass is 623 g/mol. The number of sulfone groups is 1. The highest BCUT2D eigenvalue weighted by atomic mass is 32.2. The fourth-order valence-electron chi connectivity index (χ4n) is 5.40. The van der Waals surface area contributed by atoms with Crippen LogP contribution in [-0.2, 0) is 19.3 Å². The van der Waals surface area contributed by atoms with Gasteiger partial charge in [-0.3, -0.25) is 4.90 Å². The summed E-state index contributed by atoms with van der Waals surface area (Å²) in [5, 5.41) is 10.0. The largest absolute Gasteiger partial charge is 0.493 e. The third kappa shape index (κ3) is 8.24. The molecule has 43 heavy (non-hydrogen) atoms. The van der Waals surface area contributed by atoms with Gasteiger partial charge in [0.25, 0.3) is 0 Å². The van der Waals surface area contributed by atoms with Crippen LogP contribution in [0.3, 0.4) is 0 Å². The van der Waals surface area contributed by atoms with Crippen molar-refractivity contribution in [3.63, 3.8) is 0 Å². The molecule has 2 aromatic rings. The number of benzene rings is 2. The summed E-state index contributed by atoms with van der Waals surface area (Å²) < 4.78 is 67.8. The Kier molecular flexibility index (Phi) is 11.8. The van der Waals surface area contributed by atoms with Crippen LogP contribution in [0.5, 0.6) is 28.7 Å². The predicted octanol–water partition coefficient (Wildman–Crippen LogP) is 3.96. The topological polar surface area (TPSA) is 122 Å². The van der Waals surface area contributed by atoms with Crippen LogP contribution >= 0.6 is 0 Å². The van der Waals surface area contributed by atoms with E-state index in [0.29, 0.717) is 80.8 Å². The summed E-state index contributed by atoms with van der Waals surface area (Å²) in [5.41, 5.74) is 1.54. The van der Waals surface area contributed by atoms with Gasteiger partial charge in [0.1, 0.15) is 11.5 Å². The van der Waals surface area contributed by atoms with Crippen LogP contribution in [0.15, 0.2) is 29.2 Å². The zero-order chi connectivity index (χ0) is 31.0. The van der Waals surface area contributed by atoms with Gasteiger partial charge < -0.3 is 38.3 Å². The lowest BCUT2D eigenvalue weighted by Crippen LogP contribution is -2.38. The van der Waals surface area contributed by atoms with Gasteiger partial charge in [-0.1, -0.05) is 6.92 Å². The lowest BCUT2D eigenvalue weighted by molar-refractivity contribution is 0.0318. The van der Waals surface area contributed by atoms with E-state index >= 15 is 0 Å². The third-order valence-electron chi connectivity index (χ3n) is 7.51. The first-order valence-electron chi connectivity index (χ1n) is 14.8. The second-order valence-electron chi connectivity index (χ2n) is 10.8. The van der Waals surface area contributed by atoms with Crippen LogP contribution in [-0.4, -0.2) is 97.7 Å². The van der Waals surface area contributed by atoms with Crippen molar-refractivity contribution in [3.05, 3.63) is 35.4 Å². The molecule has 4 rings (SSSR count). The first kappa shape index (κ1) is 33.1. The molecule has 0 radical (unpaired) electrons. The van der Waals surface area contributed by atoms with E-state index in [2.05, 4.69) is 4.90 Å². The van der Waals surface area contributed by atoms with E-state index in [4.69, 9.17) is 33.2 Å². The standard InChI is InChI=1S/C31H45NO10S/c1-6-12-41-31-28(40-15-11-32-9-13-39-14-10-32)18-23(19-29(31)43(34,35)20-21(2)33)25-8-7-24(42-25)22-16-26(36-3)30(38-5)27(17-22)37-4/h16-19,21,24-25,33H,6-15,20H2,1-5H3. The van der Waals surface area contributed by atoms with Gasteiger partial charge >= 0.3 is 0 Å². The minimum atomic E-state index is -3.92. The van der Waals surface area contributed by atoms with Crippen molar-refractivity contribution in [1.29, 1.82) is 0 Å². The SMILES string of the molecule is CCCOc1c(OCCN2CCOCC2)cc(C2CCC(c3cc(OC)c(OC)c(OC)c3)O2)cc1S(=O)(=O)CC(C)O. The van der Waals surface area contributed by atoms with Crippen LogP contribution in [0, 0.1) is 0 Å². The minimum absolute atomic E-state index is 0.000517. The summed E-state index contributed by atoms with van der Waals surface area (Å²) in [6, 6.07) is 7.18. The van der Waals surface area contributed by atoms with Crippen molar-refractivity contribution in [2.24, 2.45) is 0 Å². The molecule has 2 aromatic carbocycles. The normalized spacial score (nSPS) is 20.0. The van der Waals surface area contributed by atoms with Crippen molar-refractivity contribution in [2.75, 3.05) is 73.1 Å². The summed E-state index contributed by atoms with van der Waals surface area (Å²) in [4.78, 5) is 2.24. The highest BCUT2D eigenvalue weighted by Gasteiger charge is 2.33. The number of aliphatic hydroxyl groups excluding tert-OH is 1. The zero-order valence-electron chi connectivity index (χ0n) is 25.8. The minimum Gasteiger partial charge on any atom is -0.493 e. The van der Waals surface area contributed by atoms with Gasteiger partial charge in [-0.25, -0.2) is 8.42 Å². The van der Waals surface area contributed by atoms with Gasteiger partial charge in [-0.2, -0.15) is 0 Å². The van der Waals surface area contributed by atoms with Crippen LogP contribution < -0.4 is 23.7 Å². The Morgan fingerprint density at radius 3 is 2.05 bits per heavy atom. The number of rotatable bonds is 15. The van der Waals surface area contributed by atoms with E-state index in [1.165, 1.54) is 6.92 Å². The molecule has 0 aliphatic carbocycles. The molecule has 0 spiro atoms.